The summed E-state index contributed by atoms with van der Waals surface area (Å²) in [5.74, 6) is 1.63. The maximum Gasteiger partial charge on any atom is 0.0289 e. The molecule has 0 aliphatic rings. The van der Waals surface area contributed by atoms with Crippen LogP contribution in [0.3, 0.4) is 0 Å². The number of benzene rings is 2. The van der Waals surface area contributed by atoms with Crippen LogP contribution in [0, 0.1) is 0 Å². The number of thioether (sulfide) groups is 1. The van der Waals surface area contributed by atoms with Crippen molar-refractivity contribution in [1.82, 2.24) is 5.32 Å². The van der Waals surface area contributed by atoms with Crippen molar-refractivity contribution in [2.45, 2.75) is 43.4 Å². The van der Waals surface area contributed by atoms with Gasteiger partial charge in [-0.15, -0.1) is 11.8 Å². The van der Waals surface area contributed by atoms with Gasteiger partial charge in [-0.2, -0.15) is 0 Å². The molecule has 2 aromatic carbocycles. The molecule has 112 valence electrons. The van der Waals surface area contributed by atoms with Gasteiger partial charge in [0, 0.05) is 16.7 Å². The molecule has 0 aliphatic carbocycles. The Bertz CT molecular complexity index is 543. The minimum absolute atomic E-state index is 0.410. The van der Waals surface area contributed by atoms with Crippen LogP contribution in [0.1, 0.15) is 49.4 Å². The van der Waals surface area contributed by atoms with Gasteiger partial charge in [0.1, 0.15) is 0 Å². The molecule has 0 saturated carbocycles. The summed E-state index contributed by atoms with van der Waals surface area (Å²) in [7, 11) is 1.99. The Morgan fingerprint density at radius 2 is 1.43 bits per heavy atom. The van der Waals surface area contributed by atoms with Gasteiger partial charge >= 0.3 is 0 Å². The van der Waals surface area contributed by atoms with Gasteiger partial charge < -0.3 is 5.32 Å². The highest BCUT2D eigenvalue weighted by molar-refractivity contribution is 7.98. The van der Waals surface area contributed by atoms with Crippen molar-refractivity contribution in [2.75, 3.05) is 7.05 Å². The van der Waals surface area contributed by atoms with E-state index in [0.29, 0.717) is 12.0 Å². The average Bonchev–Trinajstić information content (AvgIpc) is 2.53. The highest BCUT2D eigenvalue weighted by Crippen LogP contribution is 2.25. The third kappa shape index (κ3) is 4.62. The highest BCUT2D eigenvalue weighted by atomic mass is 32.2. The Morgan fingerprint density at radius 3 is 1.95 bits per heavy atom. The summed E-state index contributed by atoms with van der Waals surface area (Å²) in [6, 6.07) is 18.3. The molecule has 1 nitrogen and oxygen atoms in total. The van der Waals surface area contributed by atoms with Crippen molar-refractivity contribution >= 4 is 11.8 Å². The first kappa shape index (κ1) is 16.1. The van der Waals surface area contributed by atoms with Crippen LogP contribution in [0.4, 0.5) is 0 Å². The van der Waals surface area contributed by atoms with E-state index in [9.17, 15) is 0 Å². The van der Waals surface area contributed by atoms with Gasteiger partial charge in [0.05, 0.1) is 0 Å². The van der Waals surface area contributed by atoms with E-state index in [4.69, 9.17) is 0 Å². The zero-order chi connectivity index (χ0) is 15.2. The maximum absolute atomic E-state index is 3.27. The molecule has 1 atom stereocenters. The van der Waals surface area contributed by atoms with Gasteiger partial charge in [0.2, 0.25) is 0 Å². The molecule has 2 rings (SSSR count). The largest absolute Gasteiger partial charge is 0.313 e. The van der Waals surface area contributed by atoms with Gasteiger partial charge in [0.15, 0.2) is 0 Å². The molecule has 21 heavy (non-hydrogen) atoms. The normalized spacial score (nSPS) is 12.6. The highest BCUT2D eigenvalue weighted by Gasteiger charge is 2.03. The van der Waals surface area contributed by atoms with E-state index < -0.39 is 0 Å². The minimum Gasteiger partial charge on any atom is -0.313 e. The molecular weight excluding hydrogens is 274 g/mol. The molecular formula is C19H25NS. The molecule has 1 unspecified atom stereocenters. The van der Waals surface area contributed by atoms with Crippen molar-refractivity contribution in [3.8, 4) is 0 Å². The second-order valence-electron chi connectivity index (χ2n) is 5.76. The van der Waals surface area contributed by atoms with Gasteiger partial charge in [0.25, 0.3) is 0 Å². The zero-order valence-corrected chi connectivity index (χ0v) is 14.2. The number of hydrogen-bond acceptors (Lipinski definition) is 2. The summed E-state index contributed by atoms with van der Waals surface area (Å²) in [5, 5.41) is 3.27. The molecule has 0 bridgehead atoms. The molecule has 0 amide bonds. The Morgan fingerprint density at radius 1 is 0.857 bits per heavy atom. The topological polar surface area (TPSA) is 12.0 Å². The predicted molar refractivity (Wildman–Crippen MR) is 94.0 cm³/mol. The monoisotopic (exact) mass is 299 g/mol. The van der Waals surface area contributed by atoms with Crippen LogP contribution >= 0.6 is 11.8 Å². The van der Waals surface area contributed by atoms with Crippen LogP contribution in [-0.2, 0) is 5.75 Å². The van der Waals surface area contributed by atoms with E-state index in [2.05, 4.69) is 74.6 Å². The quantitative estimate of drug-likeness (QED) is 0.718. The second kappa shape index (κ2) is 7.67. The second-order valence-corrected chi connectivity index (χ2v) is 6.81. The smallest absolute Gasteiger partial charge is 0.0289 e. The minimum atomic E-state index is 0.410. The fourth-order valence-corrected chi connectivity index (χ4v) is 3.04. The van der Waals surface area contributed by atoms with Crippen molar-refractivity contribution in [2.24, 2.45) is 0 Å². The Hall–Kier alpha value is -1.25. The van der Waals surface area contributed by atoms with Crippen LogP contribution in [0.25, 0.3) is 0 Å². The Kier molecular flexibility index (Phi) is 5.89. The molecule has 1 N–H and O–H groups in total. The lowest BCUT2D eigenvalue weighted by Crippen LogP contribution is -2.11. The first-order valence-corrected chi connectivity index (χ1v) is 8.57. The van der Waals surface area contributed by atoms with E-state index in [1.165, 1.54) is 21.6 Å². The number of rotatable bonds is 6. The van der Waals surface area contributed by atoms with Crippen LogP contribution < -0.4 is 5.32 Å². The molecule has 0 saturated heterocycles. The first-order valence-electron chi connectivity index (χ1n) is 7.59. The third-order valence-electron chi connectivity index (χ3n) is 3.87. The van der Waals surface area contributed by atoms with E-state index in [-0.39, 0.29) is 0 Å². The first-order chi connectivity index (χ1) is 10.1. The fraction of sp³-hybridized carbons (Fsp3) is 0.368. The van der Waals surface area contributed by atoms with E-state index in [1.807, 2.05) is 18.8 Å². The molecule has 2 heteroatoms. The molecule has 2 aromatic rings. The average molecular weight is 299 g/mol. The lowest BCUT2D eigenvalue weighted by atomic mass is 10.0. The third-order valence-corrected chi connectivity index (χ3v) is 4.95. The van der Waals surface area contributed by atoms with Crippen LogP contribution in [-0.4, -0.2) is 7.05 Å². The van der Waals surface area contributed by atoms with Gasteiger partial charge in [-0.05, 0) is 48.7 Å². The maximum atomic E-state index is 3.27. The SMILES string of the molecule is CNC(C)c1ccc(SCc2ccc(C(C)C)cc2)cc1. The molecule has 0 aliphatic heterocycles. The molecule has 0 heterocycles. The summed E-state index contributed by atoms with van der Waals surface area (Å²) in [4.78, 5) is 1.33. The van der Waals surface area contributed by atoms with E-state index in [0.717, 1.165) is 5.75 Å². The van der Waals surface area contributed by atoms with Gasteiger partial charge in [-0.1, -0.05) is 50.2 Å². The summed E-state index contributed by atoms with van der Waals surface area (Å²) in [5.41, 5.74) is 4.13. The summed E-state index contributed by atoms with van der Waals surface area (Å²) in [6.07, 6.45) is 0. The van der Waals surface area contributed by atoms with Crippen molar-refractivity contribution < 1.29 is 0 Å². The van der Waals surface area contributed by atoms with Crippen molar-refractivity contribution in [3.63, 3.8) is 0 Å². The molecule has 0 fully saturated rings. The molecule has 0 radical (unpaired) electrons. The molecule has 0 spiro atoms. The number of hydrogen-bond donors (Lipinski definition) is 1. The van der Waals surface area contributed by atoms with E-state index in [1.54, 1.807) is 0 Å². The predicted octanol–water partition coefficient (Wildman–Crippen LogP) is 5.38. The summed E-state index contributed by atoms with van der Waals surface area (Å²) >= 11 is 1.90. The summed E-state index contributed by atoms with van der Waals surface area (Å²) in [6.45, 7) is 6.65. The lowest BCUT2D eigenvalue weighted by molar-refractivity contribution is 0.652. The Labute approximate surface area is 133 Å². The fourth-order valence-electron chi connectivity index (χ4n) is 2.18. The van der Waals surface area contributed by atoms with Gasteiger partial charge in [-0.25, -0.2) is 0 Å². The van der Waals surface area contributed by atoms with Gasteiger partial charge in [-0.3, -0.25) is 0 Å². The zero-order valence-electron chi connectivity index (χ0n) is 13.4. The van der Waals surface area contributed by atoms with Crippen molar-refractivity contribution in [3.05, 3.63) is 65.2 Å². The number of nitrogens with one attached hydrogen (secondary N) is 1. The van der Waals surface area contributed by atoms with Crippen LogP contribution in [0.5, 0.6) is 0 Å². The van der Waals surface area contributed by atoms with Crippen molar-refractivity contribution in [1.29, 1.82) is 0 Å². The van der Waals surface area contributed by atoms with Crippen LogP contribution in [0.2, 0.25) is 0 Å². The Balaban J connectivity index is 1.93. The van der Waals surface area contributed by atoms with Crippen LogP contribution in [0.15, 0.2) is 53.4 Å². The lowest BCUT2D eigenvalue weighted by Gasteiger charge is -2.11. The standard InChI is InChI=1S/C19H25NS/c1-14(2)17-7-5-16(6-8-17)13-21-19-11-9-18(10-12-19)15(3)20-4/h5-12,14-15,20H,13H2,1-4H3. The molecule has 0 aromatic heterocycles. The summed E-state index contributed by atoms with van der Waals surface area (Å²) < 4.78 is 0. The van der Waals surface area contributed by atoms with E-state index >= 15 is 0 Å².